The summed E-state index contributed by atoms with van der Waals surface area (Å²) >= 11 is 0. The SMILES string of the molecule is Cc1nn2cccnc2c1C(=O)N(C)CCCOc1cccc(S(C)(=O)=O)c1. The molecule has 0 saturated heterocycles. The predicted octanol–water partition coefficient (Wildman–Crippen LogP) is 1.98. The lowest BCUT2D eigenvalue weighted by Crippen LogP contribution is -2.29. The Bertz CT molecular complexity index is 1110. The first kappa shape index (κ1) is 19.8. The Hall–Kier alpha value is -2.94. The van der Waals surface area contributed by atoms with Crippen molar-refractivity contribution < 1.29 is 17.9 Å². The van der Waals surface area contributed by atoms with Gasteiger partial charge in [-0.05, 0) is 37.6 Å². The quantitative estimate of drug-likeness (QED) is 0.561. The second kappa shape index (κ2) is 7.97. The van der Waals surface area contributed by atoms with E-state index in [-0.39, 0.29) is 10.8 Å². The molecule has 1 aromatic carbocycles. The van der Waals surface area contributed by atoms with Gasteiger partial charge in [0.2, 0.25) is 0 Å². The van der Waals surface area contributed by atoms with Crippen LogP contribution < -0.4 is 4.74 Å². The summed E-state index contributed by atoms with van der Waals surface area (Å²) in [6.07, 6.45) is 5.14. The lowest BCUT2D eigenvalue weighted by molar-refractivity contribution is 0.0789. The largest absolute Gasteiger partial charge is 0.493 e. The molecule has 0 spiro atoms. The number of hydrogen-bond acceptors (Lipinski definition) is 6. The van der Waals surface area contributed by atoms with Crippen molar-refractivity contribution in [1.29, 1.82) is 0 Å². The third-order valence-corrected chi connectivity index (χ3v) is 5.38. The predicted molar refractivity (Wildman–Crippen MR) is 104 cm³/mol. The molecule has 3 aromatic rings. The van der Waals surface area contributed by atoms with Crippen molar-refractivity contribution in [3.63, 3.8) is 0 Å². The summed E-state index contributed by atoms with van der Waals surface area (Å²) in [5, 5.41) is 4.31. The summed E-state index contributed by atoms with van der Waals surface area (Å²) < 4.78 is 30.4. The van der Waals surface area contributed by atoms with Crippen LogP contribution in [0.25, 0.3) is 5.65 Å². The molecule has 0 unspecified atom stereocenters. The van der Waals surface area contributed by atoms with Gasteiger partial charge in [0.1, 0.15) is 11.3 Å². The minimum atomic E-state index is -3.27. The highest BCUT2D eigenvalue weighted by atomic mass is 32.2. The second-order valence-electron chi connectivity index (χ2n) is 6.52. The molecule has 9 heteroatoms. The fourth-order valence-electron chi connectivity index (χ4n) is 2.83. The van der Waals surface area contributed by atoms with Gasteiger partial charge in [0.25, 0.3) is 5.91 Å². The molecule has 1 amide bonds. The second-order valence-corrected chi connectivity index (χ2v) is 8.54. The minimum Gasteiger partial charge on any atom is -0.493 e. The van der Waals surface area contributed by atoms with Gasteiger partial charge < -0.3 is 9.64 Å². The molecular formula is C19H22N4O4S. The zero-order valence-electron chi connectivity index (χ0n) is 16.0. The van der Waals surface area contributed by atoms with E-state index in [9.17, 15) is 13.2 Å². The van der Waals surface area contributed by atoms with E-state index in [4.69, 9.17) is 4.74 Å². The first-order valence-corrected chi connectivity index (χ1v) is 10.6. The van der Waals surface area contributed by atoms with Gasteiger partial charge in [-0.15, -0.1) is 0 Å². The fraction of sp³-hybridized carbons (Fsp3) is 0.316. The number of benzene rings is 1. The molecule has 0 atom stereocenters. The molecule has 0 saturated carbocycles. The topological polar surface area (TPSA) is 93.9 Å². The molecule has 0 radical (unpaired) electrons. The molecule has 28 heavy (non-hydrogen) atoms. The summed E-state index contributed by atoms with van der Waals surface area (Å²) in [6, 6.07) is 8.13. The highest BCUT2D eigenvalue weighted by Gasteiger charge is 2.21. The summed E-state index contributed by atoms with van der Waals surface area (Å²) in [5.41, 5.74) is 1.65. The van der Waals surface area contributed by atoms with Crippen LogP contribution in [0.15, 0.2) is 47.6 Å². The van der Waals surface area contributed by atoms with Crippen molar-refractivity contribution in [2.75, 3.05) is 26.5 Å². The maximum Gasteiger partial charge on any atom is 0.259 e. The molecular weight excluding hydrogens is 380 g/mol. The molecule has 2 aromatic heterocycles. The standard InChI is InChI=1S/C19H22N4O4S/c1-14-17(18-20-9-5-11-23(18)21-14)19(24)22(2)10-6-12-27-15-7-4-8-16(13-15)28(3,25)26/h4-5,7-9,11,13H,6,10,12H2,1-3H3. The van der Waals surface area contributed by atoms with Crippen LogP contribution in [0.1, 0.15) is 22.5 Å². The number of rotatable bonds is 7. The van der Waals surface area contributed by atoms with E-state index in [1.54, 1.807) is 54.0 Å². The van der Waals surface area contributed by atoms with Gasteiger partial charge >= 0.3 is 0 Å². The molecule has 0 N–H and O–H groups in total. The van der Waals surface area contributed by atoms with Crippen LogP contribution in [-0.2, 0) is 9.84 Å². The molecule has 0 fully saturated rings. The number of sulfone groups is 1. The number of nitrogens with zero attached hydrogens (tertiary/aromatic N) is 4. The van der Waals surface area contributed by atoms with E-state index in [2.05, 4.69) is 10.1 Å². The Labute approximate surface area is 163 Å². The molecule has 0 aliphatic rings. The van der Waals surface area contributed by atoms with E-state index in [1.807, 2.05) is 0 Å². The molecule has 8 nitrogen and oxygen atoms in total. The lowest BCUT2D eigenvalue weighted by Gasteiger charge is -2.17. The molecule has 0 aliphatic carbocycles. The van der Waals surface area contributed by atoms with Crippen molar-refractivity contribution in [2.24, 2.45) is 0 Å². The number of carbonyl (C=O) groups is 1. The Morgan fingerprint density at radius 1 is 1.29 bits per heavy atom. The normalized spacial score (nSPS) is 11.5. The highest BCUT2D eigenvalue weighted by Crippen LogP contribution is 2.18. The van der Waals surface area contributed by atoms with Crippen LogP contribution in [0.4, 0.5) is 0 Å². The van der Waals surface area contributed by atoms with E-state index >= 15 is 0 Å². The highest BCUT2D eigenvalue weighted by molar-refractivity contribution is 7.90. The van der Waals surface area contributed by atoms with Crippen LogP contribution in [-0.4, -0.2) is 60.3 Å². The molecule has 2 heterocycles. The third-order valence-electron chi connectivity index (χ3n) is 4.27. The number of ether oxygens (including phenoxy) is 1. The first-order valence-electron chi connectivity index (χ1n) is 8.75. The van der Waals surface area contributed by atoms with E-state index in [0.717, 1.165) is 6.26 Å². The Kier molecular flexibility index (Phi) is 5.64. The lowest BCUT2D eigenvalue weighted by atomic mass is 10.2. The maximum atomic E-state index is 12.8. The van der Waals surface area contributed by atoms with Crippen molar-refractivity contribution in [3.8, 4) is 5.75 Å². The van der Waals surface area contributed by atoms with Gasteiger partial charge in [0, 0.05) is 32.2 Å². The number of hydrogen-bond donors (Lipinski definition) is 0. The molecule has 0 bridgehead atoms. The van der Waals surface area contributed by atoms with Crippen molar-refractivity contribution in [1.82, 2.24) is 19.5 Å². The van der Waals surface area contributed by atoms with E-state index in [0.29, 0.717) is 42.2 Å². The fourth-order valence-corrected chi connectivity index (χ4v) is 3.48. The van der Waals surface area contributed by atoms with Crippen molar-refractivity contribution in [3.05, 3.63) is 54.0 Å². The monoisotopic (exact) mass is 402 g/mol. The van der Waals surface area contributed by atoms with Crippen molar-refractivity contribution >= 4 is 21.4 Å². The van der Waals surface area contributed by atoms with Crippen LogP contribution in [0.2, 0.25) is 0 Å². The van der Waals surface area contributed by atoms with Gasteiger partial charge in [0.15, 0.2) is 15.5 Å². The van der Waals surface area contributed by atoms with Crippen molar-refractivity contribution in [2.45, 2.75) is 18.2 Å². The van der Waals surface area contributed by atoms with Gasteiger partial charge in [-0.2, -0.15) is 5.10 Å². The summed E-state index contributed by atoms with van der Waals surface area (Å²) in [5.74, 6) is 0.338. The average Bonchev–Trinajstić information content (AvgIpc) is 2.99. The molecule has 3 rings (SSSR count). The zero-order valence-corrected chi connectivity index (χ0v) is 16.8. The first-order chi connectivity index (χ1) is 13.3. The Morgan fingerprint density at radius 3 is 2.82 bits per heavy atom. The number of carbonyl (C=O) groups excluding carboxylic acids is 1. The summed E-state index contributed by atoms with van der Waals surface area (Å²) in [4.78, 5) is 18.9. The van der Waals surface area contributed by atoms with E-state index < -0.39 is 9.84 Å². The maximum absolute atomic E-state index is 12.8. The average molecular weight is 402 g/mol. The number of aromatic nitrogens is 3. The van der Waals surface area contributed by atoms with Gasteiger partial charge in [0.05, 0.1) is 17.2 Å². The smallest absolute Gasteiger partial charge is 0.259 e. The molecule has 0 aliphatic heterocycles. The zero-order chi connectivity index (χ0) is 20.3. The van der Waals surface area contributed by atoms with Gasteiger partial charge in [-0.1, -0.05) is 6.07 Å². The van der Waals surface area contributed by atoms with Crippen LogP contribution >= 0.6 is 0 Å². The van der Waals surface area contributed by atoms with Gasteiger partial charge in [-0.3, -0.25) is 4.79 Å². The number of amides is 1. The number of fused-ring (bicyclic) bond motifs is 1. The van der Waals surface area contributed by atoms with Crippen LogP contribution in [0.5, 0.6) is 5.75 Å². The van der Waals surface area contributed by atoms with E-state index in [1.165, 1.54) is 12.1 Å². The summed E-state index contributed by atoms with van der Waals surface area (Å²) in [6.45, 7) is 2.62. The summed E-state index contributed by atoms with van der Waals surface area (Å²) in [7, 11) is -1.55. The minimum absolute atomic E-state index is 0.148. The van der Waals surface area contributed by atoms with Crippen LogP contribution in [0, 0.1) is 6.92 Å². The molecule has 148 valence electrons. The number of aryl methyl sites for hydroxylation is 1. The Morgan fingerprint density at radius 2 is 2.07 bits per heavy atom. The third kappa shape index (κ3) is 4.30. The Balaban J connectivity index is 1.58. The van der Waals surface area contributed by atoms with Gasteiger partial charge in [-0.25, -0.2) is 17.9 Å². The van der Waals surface area contributed by atoms with Crippen LogP contribution in [0.3, 0.4) is 0 Å².